The van der Waals surface area contributed by atoms with Gasteiger partial charge in [0.05, 0.1) is 6.54 Å². The van der Waals surface area contributed by atoms with E-state index in [1.807, 2.05) is 0 Å². The molecule has 1 aliphatic heterocycles. The second-order valence-corrected chi connectivity index (χ2v) is 4.87. The Morgan fingerprint density at radius 2 is 1.95 bits per heavy atom. The van der Waals surface area contributed by atoms with Crippen LogP contribution in [0, 0.1) is 12.3 Å². The molecule has 108 valence electrons. The fourth-order valence-corrected chi connectivity index (χ4v) is 2.40. The molecule has 0 aliphatic carbocycles. The third-order valence-electron chi connectivity index (χ3n) is 3.76. The van der Waals surface area contributed by atoms with E-state index >= 15 is 0 Å². The van der Waals surface area contributed by atoms with Crippen LogP contribution in [0.25, 0.3) is 0 Å². The van der Waals surface area contributed by atoms with E-state index in [4.69, 9.17) is 4.52 Å². The van der Waals surface area contributed by atoms with Gasteiger partial charge in [0.15, 0.2) is 0 Å². The highest BCUT2D eigenvalue weighted by molar-refractivity contribution is 6.19. The molecule has 2 heterocycles. The third-order valence-corrected chi connectivity index (χ3v) is 3.76. The molecule has 0 aromatic carbocycles. The molecule has 0 radical (unpaired) electrons. The van der Waals surface area contributed by atoms with Crippen LogP contribution < -0.4 is 5.32 Å². The summed E-state index contributed by atoms with van der Waals surface area (Å²) in [5, 5.41) is 6.01. The van der Waals surface area contributed by atoms with Crippen molar-refractivity contribution in [2.45, 2.75) is 40.2 Å². The lowest BCUT2D eigenvalue weighted by Gasteiger charge is -2.37. The maximum atomic E-state index is 12.5. The normalized spacial score (nSPS) is 18.4. The number of hydrogen-bond donors (Lipinski definition) is 1. The quantitative estimate of drug-likeness (QED) is 0.840. The molecule has 0 atom stereocenters. The summed E-state index contributed by atoms with van der Waals surface area (Å²) in [6.45, 7) is 5.24. The maximum Gasteiger partial charge on any atom is 0.331 e. The van der Waals surface area contributed by atoms with Crippen LogP contribution in [0.5, 0.6) is 0 Å². The first-order valence-electron chi connectivity index (χ1n) is 6.54. The smallest absolute Gasteiger partial charge is 0.331 e. The van der Waals surface area contributed by atoms with Gasteiger partial charge in [-0.3, -0.25) is 19.8 Å². The molecule has 0 spiro atoms. The van der Waals surface area contributed by atoms with Gasteiger partial charge in [-0.05, 0) is 19.8 Å². The molecule has 1 aromatic rings. The highest BCUT2D eigenvalue weighted by atomic mass is 16.5. The van der Waals surface area contributed by atoms with Crippen molar-refractivity contribution in [1.29, 1.82) is 0 Å². The van der Waals surface area contributed by atoms with Crippen molar-refractivity contribution in [1.82, 2.24) is 15.4 Å². The Balaban J connectivity index is 2.30. The number of urea groups is 1. The number of nitrogens with one attached hydrogen (secondary N) is 1. The van der Waals surface area contributed by atoms with Gasteiger partial charge in [-0.1, -0.05) is 19.0 Å². The van der Waals surface area contributed by atoms with E-state index in [1.165, 1.54) is 0 Å². The van der Waals surface area contributed by atoms with Gasteiger partial charge in [0, 0.05) is 6.07 Å². The minimum Gasteiger partial charge on any atom is -0.361 e. The van der Waals surface area contributed by atoms with Gasteiger partial charge in [-0.15, -0.1) is 0 Å². The van der Waals surface area contributed by atoms with Crippen molar-refractivity contribution in [3.05, 3.63) is 17.5 Å². The van der Waals surface area contributed by atoms with Crippen molar-refractivity contribution in [3.63, 3.8) is 0 Å². The number of imide groups is 2. The van der Waals surface area contributed by atoms with Gasteiger partial charge in [0.2, 0.25) is 11.8 Å². The van der Waals surface area contributed by atoms with Crippen LogP contribution in [-0.2, 0) is 16.1 Å². The van der Waals surface area contributed by atoms with Crippen molar-refractivity contribution < 1.29 is 18.9 Å². The number of aryl methyl sites for hydroxylation is 1. The topological polar surface area (TPSA) is 92.5 Å². The number of barbiturate groups is 1. The first kappa shape index (κ1) is 14.2. The number of rotatable bonds is 4. The minimum atomic E-state index is -1.17. The maximum absolute atomic E-state index is 12.5. The highest BCUT2D eigenvalue weighted by Crippen LogP contribution is 2.32. The number of carbonyl (C=O) groups excluding carboxylic acids is 3. The molecular weight excluding hydrogens is 262 g/mol. The van der Waals surface area contributed by atoms with E-state index in [2.05, 4.69) is 10.5 Å². The zero-order valence-electron chi connectivity index (χ0n) is 11.7. The molecular formula is C13H17N3O4. The summed E-state index contributed by atoms with van der Waals surface area (Å²) in [7, 11) is 0. The van der Waals surface area contributed by atoms with Crippen LogP contribution in [0.3, 0.4) is 0 Å². The molecule has 1 saturated heterocycles. The zero-order chi connectivity index (χ0) is 14.9. The number of hydrogen-bond acceptors (Lipinski definition) is 5. The summed E-state index contributed by atoms with van der Waals surface area (Å²) in [5.74, 6) is -0.403. The monoisotopic (exact) mass is 279 g/mol. The minimum absolute atomic E-state index is 0.00294. The molecule has 20 heavy (non-hydrogen) atoms. The zero-order valence-corrected chi connectivity index (χ0v) is 11.7. The Morgan fingerprint density at radius 3 is 2.45 bits per heavy atom. The molecule has 1 N–H and O–H groups in total. The largest absolute Gasteiger partial charge is 0.361 e. The SMILES string of the molecule is CCC1(CC)C(=O)NC(=O)N(Cc2cc(C)on2)C1=O. The first-order valence-corrected chi connectivity index (χ1v) is 6.54. The van der Waals surface area contributed by atoms with Gasteiger partial charge in [-0.25, -0.2) is 4.79 Å². The van der Waals surface area contributed by atoms with E-state index in [1.54, 1.807) is 26.8 Å². The molecule has 7 heteroatoms. The molecule has 7 nitrogen and oxygen atoms in total. The van der Waals surface area contributed by atoms with E-state index in [9.17, 15) is 14.4 Å². The summed E-state index contributed by atoms with van der Waals surface area (Å²) in [6.07, 6.45) is 0.686. The van der Waals surface area contributed by atoms with Gasteiger partial charge in [0.1, 0.15) is 16.9 Å². The highest BCUT2D eigenvalue weighted by Gasteiger charge is 2.51. The molecule has 4 amide bonds. The second-order valence-electron chi connectivity index (χ2n) is 4.87. The Hall–Kier alpha value is -2.18. The fourth-order valence-electron chi connectivity index (χ4n) is 2.40. The standard InChI is InChI=1S/C13H17N3O4/c1-4-13(5-2)10(17)14-12(19)16(11(13)18)7-9-6-8(3)20-15-9/h6H,4-5,7H2,1-3H3,(H,14,17,19). The van der Waals surface area contributed by atoms with Crippen LogP contribution in [-0.4, -0.2) is 27.9 Å². The summed E-state index contributed by atoms with van der Waals surface area (Å²) < 4.78 is 4.92. The second kappa shape index (κ2) is 5.07. The number of nitrogens with zero attached hydrogens (tertiary/aromatic N) is 2. The van der Waals surface area contributed by atoms with Crippen LogP contribution >= 0.6 is 0 Å². The summed E-state index contributed by atoms with van der Waals surface area (Å²) >= 11 is 0. The summed E-state index contributed by atoms with van der Waals surface area (Å²) in [5.41, 5.74) is -0.700. The average Bonchev–Trinajstić information content (AvgIpc) is 2.82. The summed E-state index contributed by atoms with van der Waals surface area (Å²) in [4.78, 5) is 37.4. The molecule has 1 aliphatic rings. The molecule has 1 fully saturated rings. The van der Waals surface area contributed by atoms with Crippen molar-refractivity contribution >= 4 is 17.8 Å². The van der Waals surface area contributed by atoms with E-state index in [-0.39, 0.29) is 6.54 Å². The Kier molecular flexibility index (Phi) is 3.61. The predicted octanol–water partition coefficient (Wildman–Crippen LogP) is 1.37. The number of aromatic nitrogens is 1. The van der Waals surface area contributed by atoms with Gasteiger partial charge in [0.25, 0.3) is 0 Å². The lowest BCUT2D eigenvalue weighted by molar-refractivity contribution is -0.152. The van der Waals surface area contributed by atoms with Crippen LogP contribution in [0.1, 0.15) is 38.1 Å². The van der Waals surface area contributed by atoms with E-state index in [0.717, 1.165) is 4.90 Å². The van der Waals surface area contributed by atoms with Crippen molar-refractivity contribution in [2.24, 2.45) is 5.41 Å². The molecule has 0 unspecified atom stereocenters. The fraction of sp³-hybridized carbons (Fsp3) is 0.538. The van der Waals surface area contributed by atoms with Gasteiger partial charge >= 0.3 is 6.03 Å². The van der Waals surface area contributed by atoms with E-state index in [0.29, 0.717) is 24.3 Å². The lowest BCUT2D eigenvalue weighted by Crippen LogP contribution is -2.63. The van der Waals surface area contributed by atoms with Crippen LogP contribution in [0.4, 0.5) is 4.79 Å². The van der Waals surface area contributed by atoms with Crippen molar-refractivity contribution in [2.75, 3.05) is 0 Å². The van der Waals surface area contributed by atoms with Crippen LogP contribution in [0.2, 0.25) is 0 Å². The lowest BCUT2D eigenvalue weighted by atomic mass is 9.78. The molecule has 0 saturated carbocycles. The molecule has 0 bridgehead atoms. The van der Waals surface area contributed by atoms with Gasteiger partial charge in [-0.2, -0.15) is 0 Å². The average molecular weight is 279 g/mol. The summed E-state index contributed by atoms with van der Waals surface area (Å²) in [6, 6.07) is 0.939. The van der Waals surface area contributed by atoms with Crippen LogP contribution in [0.15, 0.2) is 10.6 Å². The Bertz CT molecular complexity index is 560. The molecule has 2 rings (SSSR count). The predicted molar refractivity (Wildman–Crippen MR) is 68.3 cm³/mol. The first-order chi connectivity index (χ1) is 9.44. The molecule has 1 aromatic heterocycles. The Morgan fingerprint density at radius 1 is 1.30 bits per heavy atom. The van der Waals surface area contributed by atoms with Gasteiger partial charge < -0.3 is 4.52 Å². The number of carbonyl (C=O) groups is 3. The third kappa shape index (κ3) is 2.09. The van der Waals surface area contributed by atoms with E-state index < -0.39 is 23.3 Å². The number of amides is 4. The Labute approximate surface area is 116 Å². The van der Waals surface area contributed by atoms with Crippen molar-refractivity contribution in [3.8, 4) is 0 Å².